The summed E-state index contributed by atoms with van der Waals surface area (Å²) in [7, 11) is 2.18. The van der Waals surface area contributed by atoms with Crippen LogP contribution in [0.5, 0.6) is 0 Å². The molecule has 0 saturated carbocycles. The number of anilines is 3. The predicted octanol–water partition coefficient (Wildman–Crippen LogP) is 4.25. The number of fused-ring (bicyclic) bond motifs is 3. The SMILES string of the molecule is CN1CCN(c2ccc(-n3cc(Nc4ncnc5sc6c(c45)CCCC6)cn3)cc2)CC1. The first-order valence-corrected chi connectivity index (χ1v) is 12.2. The van der Waals surface area contributed by atoms with Crippen molar-refractivity contribution in [1.29, 1.82) is 0 Å². The van der Waals surface area contributed by atoms with Gasteiger partial charge in [0.2, 0.25) is 0 Å². The highest BCUT2D eigenvalue weighted by Gasteiger charge is 2.20. The molecule has 4 aromatic rings. The molecule has 6 rings (SSSR count). The van der Waals surface area contributed by atoms with Crippen molar-refractivity contribution in [2.45, 2.75) is 25.7 Å². The summed E-state index contributed by atoms with van der Waals surface area (Å²) in [5.41, 5.74) is 4.70. The minimum Gasteiger partial charge on any atom is -0.369 e. The summed E-state index contributed by atoms with van der Waals surface area (Å²) in [5, 5.41) is 9.27. The predicted molar refractivity (Wildman–Crippen MR) is 131 cm³/mol. The summed E-state index contributed by atoms with van der Waals surface area (Å²) >= 11 is 1.82. The van der Waals surface area contributed by atoms with Gasteiger partial charge < -0.3 is 15.1 Å². The topological polar surface area (TPSA) is 62.1 Å². The number of nitrogens with zero attached hydrogens (tertiary/aromatic N) is 6. The fraction of sp³-hybridized carbons (Fsp3) is 0.375. The third-order valence-electron chi connectivity index (χ3n) is 6.58. The van der Waals surface area contributed by atoms with E-state index in [0.29, 0.717) is 0 Å². The first-order chi connectivity index (χ1) is 15.7. The summed E-state index contributed by atoms with van der Waals surface area (Å²) in [5.74, 6) is 0.888. The maximum absolute atomic E-state index is 4.58. The van der Waals surface area contributed by atoms with Crippen molar-refractivity contribution < 1.29 is 0 Å². The first-order valence-electron chi connectivity index (χ1n) is 11.4. The molecule has 7 nitrogen and oxygen atoms in total. The Bertz CT molecular complexity index is 1240. The molecule has 8 heteroatoms. The molecule has 164 valence electrons. The molecule has 1 aliphatic carbocycles. The van der Waals surface area contributed by atoms with E-state index in [1.807, 2.05) is 28.4 Å². The van der Waals surface area contributed by atoms with Crippen LogP contribution in [0.4, 0.5) is 17.2 Å². The zero-order valence-corrected chi connectivity index (χ0v) is 19.1. The Morgan fingerprint density at radius 2 is 1.72 bits per heavy atom. The number of thiophene rings is 1. The van der Waals surface area contributed by atoms with Gasteiger partial charge in [-0.05, 0) is 62.6 Å². The van der Waals surface area contributed by atoms with E-state index in [0.717, 1.165) is 61.0 Å². The number of aryl methyl sites for hydroxylation is 2. The summed E-state index contributed by atoms with van der Waals surface area (Å²) in [6.07, 6.45) is 10.4. The quantitative estimate of drug-likeness (QED) is 0.507. The second-order valence-electron chi connectivity index (χ2n) is 8.72. The van der Waals surface area contributed by atoms with Crippen LogP contribution in [0.3, 0.4) is 0 Å². The molecule has 0 radical (unpaired) electrons. The fourth-order valence-electron chi connectivity index (χ4n) is 4.73. The number of rotatable bonds is 4. The minimum atomic E-state index is 0.888. The Morgan fingerprint density at radius 3 is 2.56 bits per heavy atom. The van der Waals surface area contributed by atoms with Crippen molar-refractivity contribution in [3.63, 3.8) is 0 Å². The molecule has 1 fully saturated rings. The standard InChI is InChI=1S/C24H27N7S/c1-29-10-12-30(13-11-29)18-6-8-19(9-7-18)31-15-17(14-27-31)28-23-22-20-4-2-3-5-21(20)32-24(22)26-16-25-23/h6-9,14-16H,2-5,10-13H2,1H3,(H,25,26,28). The Balaban J connectivity index is 1.22. The van der Waals surface area contributed by atoms with Gasteiger partial charge in [-0.2, -0.15) is 5.10 Å². The average molecular weight is 446 g/mol. The van der Waals surface area contributed by atoms with E-state index in [-0.39, 0.29) is 0 Å². The van der Waals surface area contributed by atoms with Gasteiger partial charge in [0.15, 0.2) is 0 Å². The molecule has 1 N–H and O–H groups in total. The van der Waals surface area contributed by atoms with Gasteiger partial charge in [0.1, 0.15) is 17.0 Å². The van der Waals surface area contributed by atoms with Crippen molar-refractivity contribution in [2.24, 2.45) is 0 Å². The van der Waals surface area contributed by atoms with Crippen molar-refractivity contribution in [1.82, 2.24) is 24.6 Å². The monoisotopic (exact) mass is 445 g/mol. The van der Waals surface area contributed by atoms with E-state index < -0.39 is 0 Å². The summed E-state index contributed by atoms with van der Waals surface area (Å²) < 4.78 is 1.91. The largest absolute Gasteiger partial charge is 0.369 e. The smallest absolute Gasteiger partial charge is 0.142 e. The lowest BCUT2D eigenvalue weighted by Crippen LogP contribution is -2.44. The van der Waals surface area contributed by atoms with Gasteiger partial charge in [0.25, 0.3) is 0 Å². The molecule has 0 bridgehead atoms. The number of piperazine rings is 1. The highest BCUT2D eigenvalue weighted by atomic mass is 32.1. The second kappa shape index (κ2) is 8.18. The van der Waals surface area contributed by atoms with Gasteiger partial charge in [0.05, 0.1) is 29.2 Å². The molecule has 4 heterocycles. The Hall–Kier alpha value is -2.97. The fourth-order valence-corrected chi connectivity index (χ4v) is 5.96. The minimum absolute atomic E-state index is 0.888. The maximum atomic E-state index is 4.58. The molecule has 2 aliphatic rings. The molecule has 1 aliphatic heterocycles. The van der Waals surface area contributed by atoms with Crippen LogP contribution >= 0.6 is 11.3 Å². The molecule has 1 aromatic carbocycles. The van der Waals surface area contributed by atoms with Gasteiger partial charge in [-0.1, -0.05) is 0 Å². The Morgan fingerprint density at radius 1 is 0.938 bits per heavy atom. The molecular formula is C24H27N7S. The Kier molecular flexibility index (Phi) is 5.04. The zero-order chi connectivity index (χ0) is 21.5. The summed E-state index contributed by atoms with van der Waals surface area (Å²) in [6.45, 7) is 4.37. The van der Waals surface area contributed by atoms with Crippen LogP contribution < -0.4 is 10.2 Å². The van der Waals surface area contributed by atoms with E-state index in [4.69, 9.17) is 0 Å². The molecule has 0 amide bonds. The second-order valence-corrected chi connectivity index (χ2v) is 9.80. The van der Waals surface area contributed by atoms with Crippen molar-refractivity contribution in [3.05, 3.63) is 53.4 Å². The van der Waals surface area contributed by atoms with Crippen molar-refractivity contribution in [2.75, 3.05) is 43.4 Å². The Labute approximate surface area is 191 Å². The van der Waals surface area contributed by atoms with Gasteiger partial charge in [0, 0.05) is 36.7 Å². The van der Waals surface area contributed by atoms with Crippen LogP contribution in [0.25, 0.3) is 15.9 Å². The van der Waals surface area contributed by atoms with Crippen LogP contribution in [0.15, 0.2) is 43.0 Å². The summed E-state index contributed by atoms with van der Waals surface area (Å²) in [6, 6.07) is 8.67. The number of hydrogen-bond donors (Lipinski definition) is 1. The molecule has 0 unspecified atom stereocenters. The van der Waals surface area contributed by atoms with E-state index in [1.54, 1.807) is 6.33 Å². The molecule has 0 atom stereocenters. The van der Waals surface area contributed by atoms with E-state index in [1.165, 1.54) is 34.4 Å². The van der Waals surface area contributed by atoms with E-state index >= 15 is 0 Å². The van der Waals surface area contributed by atoms with Crippen LogP contribution in [0.2, 0.25) is 0 Å². The molecule has 3 aromatic heterocycles. The third-order valence-corrected chi connectivity index (χ3v) is 7.78. The van der Waals surface area contributed by atoms with Crippen molar-refractivity contribution >= 4 is 38.7 Å². The van der Waals surface area contributed by atoms with Gasteiger partial charge >= 0.3 is 0 Å². The van der Waals surface area contributed by atoms with E-state index in [2.05, 4.69) is 61.5 Å². The third kappa shape index (κ3) is 3.63. The number of aromatic nitrogens is 4. The van der Waals surface area contributed by atoms with Gasteiger partial charge in [-0.25, -0.2) is 14.6 Å². The number of benzene rings is 1. The maximum Gasteiger partial charge on any atom is 0.142 e. The van der Waals surface area contributed by atoms with E-state index in [9.17, 15) is 0 Å². The van der Waals surface area contributed by atoms with Gasteiger partial charge in [-0.3, -0.25) is 0 Å². The number of hydrogen-bond acceptors (Lipinski definition) is 7. The van der Waals surface area contributed by atoms with Crippen LogP contribution in [0, 0.1) is 0 Å². The van der Waals surface area contributed by atoms with Gasteiger partial charge in [-0.15, -0.1) is 11.3 Å². The lowest BCUT2D eigenvalue weighted by Gasteiger charge is -2.34. The van der Waals surface area contributed by atoms with Crippen LogP contribution in [0.1, 0.15) is 23.3 Å². The lowest BCUT2D eigenvalue weighted by atomic mass is 9.97. The molecule has 0 spiro atoms. The first kappa shape index (κ1) is 19.7. The van der Waals surface area contributed by atoms with Crippen LogP contribution in [-0.4, -0.2) is 57.9 Å². The molecule has 32 heavy (non-hydrogen) atoms. The lowest BCUT2D eigenvalue weighted by molar-refractivity contribution is 0.313. The normalized spacial score (nSPS) is 17.0. The number of likely N-dealkylation sites (N-methyl/N-ethyl adjacent to an activating group) is 1. The molecular weight excluding hydrogens is 418 g/mol. The average Bonchev–Trinajstić information content (AvgIpc) is 3.45. The summed E-state index contributed by atoms with van der Waals surface area (Å²) in [4.78, 5) is 16.5. The van der Waals surface area contributed by atoms with Crippen molar-refractivity contribution in [3.8, 4) is 5.69 Å². The van der Waals surface area contributed by atoms with Crippen LogP contribution in [-0.2, 0) is 12.8 Å². The number of nitrogens with one attached hydrogen (secondary N) is 1. The zero-order valence-electron chi connectivity index (χ0n) is 18.3. The highest BCUT2D eigenvalue weighted by molar-refractivity contribution is 7.19. The molecule has 1 saturated heterocycles. The highest BCUT2D eigenvalue weighted by Crippen LogP contribution is 2.38.